The predicted octanol–water partition coefficient (Wildman–Crippen LogP) is 1.33. The number of thiazole rings is 1. The van der Waals surface area contributed by atoms with Crippen LogP contribution < -0.4 is 5.73 Å². The molecule has 1 aliphatic rings. The Bertz CT molecular complexity index is 444. The van der Waals surface area contributed by atoms with Gasteiger partial charge in [0.25, 0.3) is 5.91 Å². The molecular formula is C13H22N4OS. The van der Waals surface area contributed by atoms with Gasteiger partial charge in [-0.1, -0.05) is 0 Å². The van der Waals surface area contributed by atoms with E-state index in [-0.39, 0.29) is 11.9 Å². The second-order valence-electron chi connectivity index (χ2n) is 5.42. The second kappa shape index (κ2) is 5.98. The van der Waals surface area contributed by atoms with Gasteiger partial charge in [-0.3, -0.25) is 4.79 Å². The van der Waals surface area contributed by atoms with Gasteiger partial charge in [-0.15, -0.1) is 11.3 Å². The van der Waals surface area contributed by atoms with Gasteiger partial charge in [0.2, 0.25) is 0 Å². The summed E-state index contributed by atoms with van der Waals surface area (Å²) in [6.07, 6.45) is 2.16. The van der Waals surface area contributed by atoms with Crippen LogP contribution in [0.4, 0.5) is 0 Å². The van der Waals surface area contributed by atoms with E-state index in [1.807, 2.05) is 31.3 Å². The number of carbonyl (C=O) groups excluding carboxylic acids is 1. The number of aromatic nitrogens is 1. The van der Waals surface area contributed by atoms with E-state index < -0.39 is 0 Å². The standard InChI is InChI=1S/C13H22N4OS/c1-9(14)12-15-11(8-19-12)13(18)17-6-4-5-10(17)7-16(2)3/h8-10H,4-7,14H2,1-3H3. The van der Waals surface area contributed by atoms with Gasteiger partial charge in [0.1, 0.15) is 10.7 Å². The highest BCUT2D eigenvalue weighted by atomic mass is 32.1. The highest BCUT2D eigenvalue weighted by molar-refractivity contribution is 7.09. The molecule has 1 saturated heterocycles. The van der Waals surface area contributed by atoms with Gasteiger partial charge >= 0.3 is 0 Å². The number of nitrogens with two attached hydrogens (primary N) is 1. The van der Waals surface area contributed by atoms with Gasteiger partial charge in [0.15, 0.2) is 0 Å². The number of nitrogens with zero attached hydrogens (tertiary/aromatic N) is 3. The van der Waals surface area contributed by atoms with Crippen LogP contribution in [0.3, 0.4) is 0 Å². The van der Waals surface area contributed by atoms with Crippen LogP contribution in [0.15, 0.2) is 5.38 Å². The Morgan fingerprint density at radius 3 is 3.00 bits per heavy atom. The van der Waals surface area contributed by atoms with Crippen LogP contribution in [-0.2, 0) is 0 Å². The van der Waals surface area contributed by atoms with E-state index in [2.05, 4.69) is 9.88 Å². The third kappa shape index (κ3) is 3.32. The Hall–Kier alpha value is -0.980. The normalized spacial score (nSPS) is 21.1. The predicted molar refractivity (Wildman–Crippen MR) is 77.3 cm³/mol. The lowest BCUT2D eigenvalue weighted by Crippen LogP contribution is -2.41. The Morgan fingerprint density at radius 2 is 2.42 bits per heavy atom. The number of rotatable bonds is 4. The summed E-state index contributed by atoms with van der Waals surface area (Å²) in [6.45, 7) is 3.64. The van der Waals surface area contributed by atoms with E-state index in [0.29, 0.717) is 11.7 Å². The molecule has 0 bridgehead atoms. The number of hydrogen-bond donors (Lipinski definition) is 1. The fraction of sp³-hybridized carbons (Fsp3) is 0.692. The minimum Gasteiger partial charge on any atom is -0.333 e. The van der Waals surface area contributed by atoms with Crippen molar-refractivity contribution in [3.8, 4) is 0 Å². The van der Waals surface area contributed by atoms with Gasteiger partial charge in [0, 0.05) is 24.5 Å². The lowest BCUT2D eigenvalue weighted by atomic mass is 10.2. The van der Waals surface area contributed by atoms with Crippen molar-refractivity contribution in [2.24, 2.45) is 5.73 Å². The highest BCUT2D eigenvalue weighted by Crippen LogP contribution is 2.22. The Kier molecular flexibility index (Phi) is 4.54. The maximum atomic E-state index is 12.5. The Morgan fingerprint density at radius 1 is 1.68 bits per heavy atom. The van der Waals surface area contributed by atoms with E-state index in [0.717, 1.165) is 30.9 Å². The molecule has 1 aliphatic heterocycles. The molecule has 5 nitrogen and oxygen atoms in total. The average molecular weight is 282 g/mol. The number of likely N-dealkylation sites (N-methyl/N-ethyl adjacent to an activating group) is 1. The van der Waals surface area contributed by atoms with Gasteiger partial charge in [-0.25, -0.2) is 4.98 Å². The molecule has 0 saturated carbocycles. The number of amides is 1. The third-order valence-electron chi connectivity index (χ3n) is 3.34. The maximum Gasteiger partial charge on any atom is 0.273 e. The number of likely N-dealkylation sites (tertiary alicyclic amines) is 1. The quantitative estimate of drug-likeness (QED) is 0.905. The van der Waals surface area contributed by atoms with Gasteiger partial charge in [-0.2, -0.15) is 0 Å². The van der Waals surface area contributed by atoms with Crippen LogP contribution >= 0.6 is 11.3 Å². The second-order valence-corrected chi connectivity index (χ2v) is 6.31. The Balaban J connectivity index is 2.09. The van der Waals surface area contributed by atoms with E-state index in [1.54, 1.807) is 0 Å². The van der Waals surface area contributed by atoms with Crippen molar-refractivity contribution in [1.29, 1.82) is 0 Å². The highest BCUT2D eigenvalue weighted by Gasteiger charge is 2.30. The van der Waals surface area contributed by atoms with Gasteiger partial charge in [0.05, 0.1) is 6.04 Å². The summed E-state index contributed by atoms with van der Waals surface area (Å²) in [5.74, 6) is 0.0486. The fourth-order valence-corrected chi connectivity index (χ4v) is 3.21. The summed E-state index contributed by atoms with van der Waals surface area (Å²) < 4.78 is 0. The molecule has 0 spiro atoms. The Labute approximate surface area is 118 Å². The minimum atomic E-state index is -0.109. The van der Waals surface area contributed by atoms with Gasteiger partial charge in [-0.05, 0) is 33.9 Å². The maximum absolute atomic E-state index is 12.5. The van der Waals surface area contributed by atoms with Crippen LogP contribution in [0.5, 0.6) is 0 Å². The SMILES string of the molecule is CC(N)c1nc(C(=O)N2CCCC2CN(C)C)cs1. The molecule has 1 fully saturated rings. The lowest BCUT2D eigenvalue weighted by Gasteiger charge is -2.26. The van der Waals surface area contributed by atoms with Crippen LogP contribution in [0.25, 0.3) is 0 Å². The summed E-state index contributed by atoms with van der Waals surface area (Å²) in [6, 6.07) is 0.200. The molecule has 19 heavy (non-hydrogen) atoms. The van der Waals surface area contributed by atoms with Crippen molar-refractivity contribution in [3.05, 3.63) is 16.1 Å². The molecule has 0 radical (unpaired) electrons. The van der Waals surface area contributed by atoms with Gasteiger partial charge < -0.3 is 15.5 Å². The zero-order valence-electron chi connectivity index (χ0n) is 11.8. The van der Waals surface area contributed by atoms with E-state index in [4.69, 9.17) is 5.73 Å². The smallest absolute Gasteiger partial charge is 0.273 e. The molecule has 2 atom stereocenters. The molecule has 1 amide bonds. The molecule has 0 aromatic carbocycles. The zero-order valence-corrected chi connectivity index (χ0v) is 12.6. The minimum absolute atomic E-state index is 0.0486. The molecule has 2 unspecified atom stereocenters. The molecule has 2 rings (SSSR count). The molecule has 1 aromatic heterocycles. The van der Waals surface area contributed by atoms with Crippen molar-refractivity contribution >= 4 is 17.2 Å². The van der Waals surface area contributed by atoms with Crippen LogP contribution in [-0.4, -0.2) is 53.9 Å². The van der Waals surface area contributed by atoms with E-state index >= 15 is 0 Å². The first-order valence-electron chi connectivity index (χ1n) is 6.65. The van der Waals surface area contributed by atoms with E-state index in [9.17, 15) is 4.79 Å². The number of carbonyl (C=O) groups is 1. The first kappa shape index (κ1) is 14.4. The molecule has 2 heterocycles. The number of hydrogen-bond acceptors (Lipinski definition) is 5. The molecule has 106 valence electrons. The monoisotopic (exact) mass is 282 g/mol. The first-order valence-corrected chi connectivity index (χ1v) is 7.53. The van der Waals surface area contributed by atoms with Crippen molar-refractivity contribution in [1.82, 2.24) is 14.8 Å². The molecule has 6 heteroatoms. The van der Waals surface area contributed by atoms with Crippen molar-refractivity contribution in [2.45, 2.75) is 31.8 Å². The molecular weight excluding hydrogens is 260 g/mol. The largest absolute Gasteiger partial charge is 0.333 e. The summed E-state index contributed by atoms with van der Waals surface area (Å²) >= 11 is 1.47. The molecule has 2 N–H and O–H groups in total. The zero-order chi connectivity index (χ0) is 14.0. The lowest BCUT2D eigenvalue weighted by molar-refractivity contribution is 0.0711. The summed E-state index contributed by atoms with van der Waals surface area (Å²) in [5, 5.41) is 2.65. The van der Waals surface area contributed by atoms with Crippen LogP contribution in [0.1, 0.15) is 41.3 Å². The summed E-state index contributed by atoms with van der Waals surface area (Å²) in [4.78, 5) is 20.9. The molecule has 1 aromatic rings. The van der Waals surface area contributed by atoms with E-state index in [1.165, 1.54) is 11.3 Å². The van der Waals surface area contributed by atoms with Crippen molar-refractivity contribution in [3.63, 3.8) is 0 Å². The third-order valence-corrected chi connectivity index (χ3v) is 4.39. The van der Waals surface area contributed by atoms with Crippen LogP contribution in [0, 0.1) is 0 Å². The van der Waals surface area contributed by atoms with Crippen molar-refractivity contribution in [2.75, 3.05) is 27.2 Å². The summed E-state index contributed by atoms with van der Waals surface area (Å²) in [7, 11) is 4.08. The summed E-state index contributed by atoms with van der Waals surface area (Å²) in [5.41, 5.74) is 6.33. The fourth-order valence-electron chi connectivity index (χ4n) is 2.46. The topological polar surface area (TPSA) is 62.5 Å². The van der Waals surface area contributed by atoms with Crippen molar-refractivity contribution < 1.29 is 4.79 Å². The average Bonchev–Trinajstić information content (AvgIpc) is 2.95. The van der Waals surface area contributed by atoms with Crippen LogP contribution in [0.2, 0.25) is 0 Å². The first-order chi connectivity index (χ1) is 8.99. The molecule has 0 aliphatic carbocycles.